The lowest BCUT2D eigenvalue weighted by molar-refractivity contribution is 0.0922. The van der Waals surface area contributed by atoms with Crippen LogP contribution in [0.5, 0.6) is 0 Å². The minimum absolute atomic E-state index is 0.0619. The maximum Gasteiger partial charge on any atom is 0.272 e. The molecule has 0 spiro atoms. The largest absolute Gasteiger partial charge is 0.347 e. The van der Waals surface area contributed by atoms with Crippen LogP contribution in [0.15, 0.2) is 79.1 Å². The number of anilines is 1. The fraction of sp³-hybridized carbons (Fsp3) is 0.259. The Kier molecular flexibility index (Phi) is 6.99. The number of benzene rings is 2. The molecule has 3 heterocycles. The van der Waals surface area contributed by atoms with Gasteiger partial charge >= 0.3 is 0 Å². The Labute approximate surface area is 209 Å². The number of carbonyl (C=O) groups excluding carboxylic acids is 1. The first-order valence-electron chi connectivity index (χ1n) is 12.0. The quantitative estimate of drug-likeness (QED) is 0.432. The average Bonchev–Trinajstić information content (AvgIpc) is 3.36. The van der Waals surface area contributed by atoms with Gasteiger partial charge in [0.15, 0.2) is 5.69 Å². The molecule has 0 aliphatic carbocycles. The predicted molar refractivity (Wildman–Crippen MR) is 137 cm³/mol. The summed E-state index contributed by atoms with van der Waals surface area (Å²) in [5.74, 6) is 0.192. The number of rotatable bonds is 7. The molecule has 1 aliphatic heterocycles. The molecular weight excluding hydrogens is 457 g/mol. The molecule has 0 bridgehead atoms. The normalized spacial score (nSPS) is 15.0. The van der Waals surface area contributed by atoms with Gasteiger partial charge in [-0.3, -0.25) is 9.69 Å². The molecule has 36 heavy (non-hydrogen) atoms. The maximum absolute atomic E-state index is 13.5. The third-order valence-corrected chi connectivity index (χ3v) is 6.20. The van der Waals surface area contributed by atoms with Gasteiger partial charge in [0.05, 0.1) is 11.4 Å². The second-order valence-electron chi connectivity index (χ2n) is 8.88. The highest BCUT2D eigenvalue weighted by Crippen LogP contribution is 2.24. The van der Waals surface area contributed by atoms with Gasteiger partial charge in [-0.1, -0.05) is 30.3 Å². The summed E-state index contributed by atoms with van der Waals surface area (Å²) in [5, 5.41) is 7.66. The summed E-state index contributed by atoms with van der Waals surface area (Å²) in [4.78, 5) is 26.3. The van der Waals surface area contributed by atoms with Crippen LogP contribution in [0.4, 0.5) is 10.3 Å². The summed E-state index contributed by atoms with van der Waals surface area (Å²) in [6.45, 7) is 6.16. The van der Waals surface area contributed by atoms with Gasteiger partial charge in [0.25, 0.3) is 5.91 Å². The molecule has 1 atom stereocenters. The standard InChI is InChI=1S/C27H28FN7O/c1-20(19-33-14-16-34(17-15-33)27-29-12-5-13-30-27)31-26(36)24-18-25(21-6-3-2-4-7-21)35(32-24)23-10-8-22(28)9-11-23/h2-13,18,20H,14-17,19H2,1H3,(H,31,36). The molecule has 8 nitrogen and oxygen atoms in total. The molecule has 1 amide bonds. The fourth-order valence-corrected chi connectivity index (χ4v) is 4.40. The number of nitrogens with zero attached hydrogens (tertiary/aromatic N) is 6. The van der Waals surface area contributed by atoms with Crippen LogP contribution < -0.4 is 10.2 Å². The van der Waals surface area contributed by atoms with E-state index in [4.69, 9.17) is 0 Å². The van der Waals surface area contributed by atoms with Gasteiger partial charge in [-0.25, -0.2) is 19.0 Å². The Morgan fingerprint density at radius 1 is 0.972 bits per heavy atom. The van der Waals surface area contributed by atoms with Gasteiger partial charge in [-0.05, 0) is 43.3 Å². The summed E-state index contributed by atoms with van der Waals surface area (Å²) in [6.07, 6.45) is 3.51. The molecule has 1 N–H and O–H groups in total. The molecule has 5 rings (SSSR count). The highest BCUT2D eigenvalue weighted by atomic mass is 19.1. The molecule has 9 heteroatoms. The monoisotopic (exact) mass is 485 g/mol. The summed E-state index contributed by atoms with van der Waals surface area (Å²) < 4.78 is 15.2. The lowest BCUT2D eigenvalue weighted by Gasteiger charge is -2.35. The van der Waals surface area contributed by atoms with Crippen molar-refractivity contribution in [3.05, 3.63) is 90.6 Å². The van der Waals surface area contributed by atoms with Crippen molar-refractivity contribution in [1.29, 1.82) is 0 Å². The van der Waals surface area contributed by atoms with Crippen molar-refractivity contribution >= 4 is 11.9 Å². The second-order valence-corrected chi connectivity index (χ2v) is 8.88. The highest BCUT2D eigenvalue weighted by Gasteiger charge is 2.22. The molecule has 1 unspecified atom stereocenters. The lowest BCUT2D eigenvalue weighted by atomic mass is 10.1. The number of aromatic nitrogens is 4. The molecule has 1 saturated heterocycles. The van der Waals surface area contributed by atoms with Crippen LogP contribution in [0.25, 0.3) is 16.9 Å². The Morgan fingerprint density at radius 2 is 1.67 bits per heavy atom. The van der Waals surface area contributed by atoms with E-state index in [2.05, 4.69) is 30.2 Å². The minimum Gasteiger partial charge on any atom is -0.347 e. The summed E-state index contributed by atoms with van der Waals surface area (Å²) in [5.41, 5.74) is 2.68. The van der Waals surface area contributed by atoms with Crippen molar-refractivity contribution in [2.24, 2.45) is 0 Å². The van der Waals surface area contributed by atoms with Gasteiger partial charge in [0.1, 0.15) is 5.82 Å². The third kappa shape index (κ3) is 5.41. The number of amides is 1. The SMILES string of the molecule is CC(CN1CCN(c2ncccn2)CC1)NC(=O)c1cc(-c2ccccc2)n(-c2ccc(F)cc2)n1. The number of hydrogen-bond acceptors (Lipinski definition) is 6. The van der Waals surface area contributed by atoms with Gasteiger partial charge in [-0.2, -0.15) is 5.10 Å². The Hall–Kier alpha value is -4.11. The smallest absolute Gasteiger partial charge is 0.272 e. The molecule has 0 saturated carbocycles. The van der Waals surface area contributed by atoms with E-state index in [-0.39, 0.29) is 17.8 Å². The lowest BCUT2D eigenvalue weighted by Crippen LogP contribution is -2.51. The fourth-order valence-electron chi connectivity index (χ4n) is 4.40. The Balaban J connectivity index is 1.25. The van der Waals surface area contributed by atoms with Crippen LogP contribution in [0.2, 0.25) is 0 Å². The molecule has 1 aliphatic rings. The van der Waals surface area contributed by atoms with E-state index in [9.17, 15) is 9.18 Å². The van der Waals surface area contributed by atoms with Crippen molar-refractivity contribution in [3.8, 4) is 16.9 Å². The van der Waals surface area contributed by atoms with E-state index in [1.54, 1.807) is 35.3 Å². The van der Waals surface area contributed by atoms with Crippen molar-refractivity contribution in [2.45, 2.75) is 13.0 Å². The first-order chi connectivity index (χ1) is 17.6. The van der Waals surface area contributed by atoms with E-state index in [1.165, 1.54) is 12.1 Å². The van der Waals surface area contributed by atoms with Gasteiger partial charge < -0.3 is 10.2 Å². The van der Waals surface area contributed by atoms with E-state index in [0.717, 1.165) is 49.9 Å². The van der Waals surface area contributed by atoms with Crippen LogP contribution in [0, 0.1) is 5.82 Å². The van der Waals surface area contributed by atoms with Crippen molar-refractivity contribution in [3.63, 3.8) is 0 Å². The third-order valence-electron chi connectivity index (χ3n) is 6.20. The number of carbonyl (C=O) groups is 1. The van der Waals surface area contributed by atoms with Crippen LogP contribution in [-0.2, 0) is 0 Å². The van der Waals surface area contributed by atoms with Crippen LogP contribution in [0.1, 0.15) is 17.4 Å². The van der Waals surface area contributed by atoms with E-state index in [0.29, 0.717) is 11.4 Å². The first kappa shape index (κ1) is 23.6. The van der Waals surface area contributed by atoms with Crippen molar-refractivity contribution in [2.75, 3.05) is 37.6 Å². The number of hydrogen-bond donors (Lipinski definition) is 1. The van der Waals surface area contributed by atoms with Crippen LogP contribution >= 0.6 is 0 Å². The molecule has 184 valence electrons. The number of halogens is 1. The second kappa shape index (κ2) is 10.7. The van der Waals surface area contributed by atoms with E-state index >= 15 is 0 Å². The summed E-state index contributed by atoms with van der Waals surface area (Å²) >= 11 is 0. The first-order valence-corrected chi connectivity index (χ1v) is 12.0. The highest BCUT2D eigenvalue weighted by molar-refractivity contribution is 5.93. The van der Waals surface area contributed by atoms with Crippen LogP contribution in [0.3, 0.4) is 0 Å². The molecule has 1 fully saturated rings. The maximum atomic E-state index is 13.5. The summed E-state index contributed by atoms with van der Waals surface area (Å²) in [6, 6.07) is 19.3. The topological polar surface area (TPSA) is 79.2 Å². The van der Waals surface area contributed by atoms with Gasteiger partial charge in [-0.15, -0.1) is 0 Å². The zero-order valence-electron chi connectivity index (χ0n) is 20.1. The molecule has 0 radical (unpaired) electrons. The molecule has 2 aromatic heterocycles. The van der Waals surface area contributed by atoms with Gasteiger partial charge in [0, 0.05) is 56.7 Å². The Bertz CT molecular complexity index is 1290. The average molecular weight is 486 g/mol. The number of nitrogens with one attached hydrogen (secondary N) is 1. The summed E-state index contributed by atoms with van der Waals surface area (Å²) in [7, 11) is 0. The Morgan fingerprint density at radius 3 is 2.36 bits per heavy atom. The zero-order valence-corrected chi connectivity index (χ0v) is 20.1. The van der Waals surface area contributed by atoms with Crippen molar-refractivity contribution < 1.29 is 9.18 Å². The van der Waals surface area contributed by atoms with E-state index < -0.39 is 0 Å². The predicted octanol–water partition coefficient (Wildman–Crippen LogP) is 3.41. The number of piperazine rings is 1. The van der Waals surface area contributed by atoms with Crippen LogP contribution in [-0.4, -0.2) is 69.3 Å². The minimum atomic E-state index is -0.323. The molecule has 2 aromatic carbocycles. The molecular formula is C27H28FN7O. The van der Waals surface area contributed by atoms with E-state index in [1.807, 2.05) is 43.3 Å². The zero-order chi connectivity index (χ0) is 24.9. The van der Waals surface area contributed by atoms with Gasteiger partial charge in [0.2, 0.25) is 5.95 Å². The molecule has 4 aromatic rings. The van der Waals surface area contributed by atoms with Crippen molar-refractivity contribution in [1.82, 2.24) is 30.0 Å².